The Balaban J connectivity index is 3.45. The van der Waals surface area contributed by atoms with Crippen LogP contribution in [-0.2, 0) is 4.79 Å². The number of carboxylic acids is 1. The first-order chi connectivity index (χ1) is 6.86. The molecule has 0 saturated heterocycles. The fraction of sp³-hybridized carbons (Fsp3) is 0.125. The van der Waals surface area contributed by atoms with E-state index in [2.05, 4.69) is 15.9 Å². The minimum absolute atomic E-state index is 0.285. The Bertz CT molecular complexity index is 397. The van der Waals surface area contributed by atoms with Gasteiger partial charge in [0, 0.05) is 11.6 Å². The van der Waals surface area contributed by atoms with Gasteiger partial charge in [-0.15, -0.1) is 0 Å². The molecular formula is C8H7BrFNO4. The summed E-state index contributed by atoms with van der Waals surface area (Å²) in [6.45, 7) is 0. The first-order valence-electron chi connectivity index (χ1n) is 3.74. The standard InChI is InChI=1S/C8H7BrFNO4/c9-5-2(10)1-3(12)7(13)4(5)6(11)8(14)15/h1,6,12-13H,11H2,(H,14,15). The van der Waals surface area contributed by atoms with Gasteiger partial charge in [0.05, 0.1) is 4.47 Å². The molecule has 0 radical (unpaired) electrons. The van der Waals surface area contributed by atoms with Crippen LogP contribution in [-0.4, -0.2) is 21.3 Å². The number of hydrogen-bond acceptors (Lipinski definition) is 4. The van der Waals surface area contributed by atoms with E-state index < -0.39 is 34.9 Å². The molecule has 1 unspecified atom stereocenters. The maximum Gasteiger partial charge on any atom is 0.325 e. The molecule has 0 aliphatic carbocycles. The molecule has 0 spiro atoms. The van der Waals surface area contributed by atoms with E-state index in [1.807, 2.05) is 0 Å². The SMILES string of the molecule is NC(C(=O)O)c1c(O)c(O)cc(F)c1Br. The largest absolute Gasteiger partial charge is 0.504 e. The zero-order chi connectivity index (χ0) is 11.7. The predicted molar refractivity (Wildman–Crippen MR) is 52.0 cm³/mol. The van der Waals surface area contributed by atoms with Crippen LogP contribution >= 0.6 is 15.9 Å². The van der Waals surface area contributed by atoms with Gasteiger partial charge in [0.1, 0.15) is 11.9 Å². The molecule has 0 aromatic heterocycles. The molecule has 15 heavy (non-hydrogen) atoms. The Morgan fingerprint density at radius 2 is 2.07 bits per heavy atom. The summed E-state index contributed by atoms with van der Waals surface area (Å²) in [4.78, 5) is 10.6. The molecule has 1 rings (SSSR count). The van der Waals surface area contributed by atoms with Gasteiger partial charge in [-0.1, -0.05) is 0 Å². The lowest BCUT2D eigenvalue weighted by atomic mass is 10.1. The Kier molecular flexibility index (Phi) is 3.15. The topological polar surface area (TPSA) is 104 Å². The van der Waals surface area contributed by atoms with Gasteiger partial charge in [0.25, 0.3) is 0 Å². The maximum absolute atomic E-state index is 13.1. The summed E-state index contributed by atoms with van der Waals surface area (Å²) in [5.41, 5.74) is 4.81. The summed E-state index contributed by atoms with van der Waals surface area (Å²) in [7, 11) is 0. The first kappa shape index (κ1) is 11.7. The lowest BCUT2D eigenvalue weighted by Crippen LogP contribution is -2.21. The fourth-order valence-corrected chi connectivity index (χ4v) is 1.58. The third-order valence-corrected chi connectivity index (χ3v) is 2.59. The molecule has 5 N–H and O–H groups in total. The molecule has 0 bridgehead atoms. The van der Waals surface area contributed by atoms with E-state index in [9.17, 15) is 14.3 Å². The molecule has 0 heterocycles. The third-order valence-electron chi connectivity index (χ3n) is 1.78. The van der Waals surface area contributed by atoms with Crippen LogP contribution in [0.5, 0.6) is 11.5 Å². The number of phenols is 2. The van der Waals surface area contributed by atoms with Gasteiger partial charge in [-0.25, -0.2) is 4.39 Å². The van der Waals surface area contributed by atoms with Crippen LogP contribution < -0.4 is 5.73 Å². The summed E-state index contributed by atoms with van der Waals surface area (Å²) in [6, 6.07) is -0.974. The Morgan fingerprint density at radius 3 is 2.53 bits per heavy atom. The molecule has 0 fully saturated rings. The van der Waals surface area contributed by atoms with E-state index in [0.717, 1.165) is 0 Å². The Morgan fingerprint density at radius 1 is 1.53 bits per heavy atom. The van der Waals surface area contributed by atoms with Gasteiger partial charge in [0.15, 0.2) is 11.5 Å². The van der Waals surface area contributed by atoms with Crippen molar-refractivity contribution >= 4 is 21.9 Å². The number of halogens is 2. The first-order valence-corrected chi connectivity index (χ1v) is 4.53. The molecule has 0 saturated carbocycles. The normalized spacial score (nSPS) is 12.5. The lowest BCUT2D eigenvalue weighted by Gasteiger charge is -2.13. The molecule has 82 valence electrons. The summed E-state index contributed by atoms with van der Waals surface area (Å²) < 4.78 is 12.8. The van der Waals surface area contributed by atoms with Crippen molar-refractivity contribution in [3.8, 4) is 11.5 Å². The number of hydrogen-bond donors (Lipinski definition) is 4. The second-order valence-corrected chi connectivity index (χ2v) is 3.56. The highest BCUT2D eigenvalue weighted by Crippen LogP contribution is 2.39. The number of carboxylic acid groups (broad SMARTS) is 1. The highest BCUT2D eigenvalue weighted by molar-refractivity contribution is 9.10. The minimum atomic E-state index is -1.62. The number of nitrogens with two attached hydrogens (primary N) is 1. The average Bonchev–Trinajstić information content (AvgIpc) is 2.15. The molecule has 5 nitrogen and oxygen atoms in total. The van der Waals surface area contributed by atoms with Gasteiger partial charge >= 0.3 is 5.97 Å². The number of carbonyl (C=O) groups is 1. The molecular weight excluding hydrogens is 273 g/mol. The van der Waals surface area contributed by atoms with Crippen molar-refractivity contribution < 1.29 is 24.5 Å². The van der Waals surface area contributed by atoms with E-state index in [-0.39, 0.29) is 4.47 Å². The van der Waals surface area contributed by atoms with E-state index in [4.69, 9.17) is 15.9 Å². The number of aromatic hydroxyl groups is 2. The van der Waals surface area contributed by atoms with E-state index in [1.165, 1.54) is 0 Å². The second kappa shape index (κ2) is 4.03. The van der Waals surface area contributed by atoms with Crippen LogP contribution in [0.15, 0.2) is 10.5 Å². The summed E-state index contributed by atoms with van der Waals surface area (Å²) in [5, 5.41) is 27.0. The quantitative estimate of drug-likeness (QED) is 0.607. The zero-order valence-corrected chi connectivity index (χ0v) is 8.82. The Labute approximate surface area is 92.1 Å². The number of benzene rings is 1. The highest BCUT2D eigenvalue weighted by Gasteiger charge is 2.25. The number of rotatable bonds is 2. The maximum atomic E-state index is 13.1. The molecule has 7 heteroatoms. The van der Waals surface area contributed by atoms with Crippen molar-refractivity contribution in [2.45, 2.75) is 6.04 Å². The molecule has 1 atom stereocenters. The second-order valence-electron chi connectivity index (χ2n) is 2.77. The summed E-state index contributed by atoms with van der Waals surface area (Å²) >= 11 is 2.74. The van der Waals surface area contributed by atoms with E-state index in [1.54, 1.807) is 0 Å². The minimum Gasteiger partial charge on any atom is -0.504 e. The third kappa shape index (κ3) is 2.02. The van der Waals surface area contributed by atoms with Crippen molar-refractivity contribution in [2.75, 3.05) is 0 Å². The van der Waals surface area contributed by atoms with Crippen LogP contribution in [0.25, 0.3) is 0 Å². The molecule has 0 aliphatic heterocycles. The number of phenolic OH excluding ortho intramolecular Hbond substituents is 2. The van der Waals surface area contributed by atoms with Crippen LogP contribution in [0.4, 0.5) is 4.39 Å². The van der Waals surface area contributed by atoms with Crippen LogP contribution in [0.3, 0.4) is 0 Å². The average molecular weight is 280 g/mol. The fourth-order valence-electron chi connectivity index (χ4n) is 1.03. The summed E-state index contributed by atoms with van der Waals surface area (Å²) in [6.07, 6.45) is 0. The van der Waals surface area contributed by atoms with Crippen molar-refractivity contribution in [2.24, 2.45) is 5.73 Å². The van der Waals surface area contributed by atoms with Gasteiger partial charge in [-0.3, -0.25) is 4.79 Å². The van der Waals surface area contributed by atoms with Crippen LogP contribution in [0.1, 0.15) is 11.6 Å². The van der Waals surface area contributed by atoms with Gasteiger partial charge in [-0.05, 0) is 15.9 Å². The van der Waals surface area contributed by atoms with Gasteiger partial charge in [0.2, 0.25) is 0 Å². The van der Waals surface area contributed by atoms with Crippen molar-refractivity contribution in [1.29, 1.82) is 0 Å². The van der Waals surface area contributed by atoms with E-state index in [0.29, 0.717) is 6.07 Å². The monoisotopic (exact) mass is 279 g/mol. The molecule has 1 aromatic carbocycles. The number of aliphatic carboxylic acids is 1. The van der Waals surface area contributed by atoms with Crippen molar-refractivity contribution in [3.05, 3.63) is 21.9 Å². The summed E-state index contributed by atoms with van der Waals surface area (Å²) in [5.74, 6) is -3.87. The van der Waals surface area contributed by atoms with Crippen LogP contribution in [0, 0.1) is 5.82 Å². The molecule has 1 aromatic rings. The Hall–Kier alpha value is -1.34. The molecule has 0 amide bonds. The smallest absolute Gasteiger partial charge is 0.325 e. The zero-order valence-electron chi connectivity index (χ0n) is 7.24. The highest BCUT2D eigenvalue weighted by atomic mass is 79.9. The van der Waals surface area contributed by atoms with Gasteiger partial charge in [-0.2, -0.15) is 0 Å². The van der Waals surface area contributed by atoms with E-state index >= 15 is 0 Å². The van der Waals surface area contributed by atoms with Gasteiger partial charge < -0.3 is 21.1 Å². The predicted octanol–water partition coefficient (Wildman–Crippen LogP) is 1.08. The molecule has 0 aliphatic rings. The lowest BCUT2D eigenvalue weighted by molar-refractivity contribution is -0.138. The van der Waals surface area contributed by atoms with Crippen LogP contribution in [0.2, 0.25) is 0 Å². The van der Waals surface area contributed by atoms with Crippen molar-refractivity contribution in [1.82, 2.24) is 0 Å². The van der Waals surface area contributed by atoms with Crippen molar-refractivity contribution in [3.63, 3.8) is 0 Å².